The molecule has 0 spiro atoms. The maximum Gasteiger partial charge on any atom is 0.410 e. The zero-order valence-corrected chi connectivity index (χ0v) is 16.8. The van der Waals surface area contributed by atoms with Gasteiger partial charge in [-0.1, -0.05) is 23.2 Å². The van der Waals surface area contributed by atoms with Crippen LogP contribution in [0.4, 0.5) is 10.5 Å². The maximum absolute atomic E-state index is 12.2. The standard InChI is InChI=1S/C18H25Cl2N3O3/c1-18(2,3)26-17(25)23-6-4-5-14(11-23)22-16(24)10-21-15-8-12(19)7-13(20)9-15/h7-9,14,21H,4-6,10-11H2,1-3H3,(H,22,24). The molecule has 0 aliphatic carbocycles. The molecule has 1 heterocycles. The highest BCUT2D eigenvalue weighted by atomic mass is 35.5. The number of hydrogen-bond acceptors (Lipinski definition) is 4. The number of halogens is 2. The highest BCUT2D eigenvalue weighted by molar-refractivity contribution is 6.35. The fourth-order valence-electron chi connectivity index (χ4n) is 2.70. The van der Waals surface area contributed by atoms with Gasteiger partial charge in [-0.2, -0.15) is 0 Å². The minimum atomic E-state index is -0.532. The van der Waals surface area contributed by atoms with Gasteiger partial charge in [-0.15, -0.1) is 0 Å². The lowest BCUT2D eigenvalue weighted by molar-refractivity contribution is -0.120. The zero-order valence-electron chi connectivity index (χ0n) is 15.3. The van der Waals surface area contributed by atoms with Crippen LogP contribution >= 0.6 is 23.2 Å². The van der Waals surface area contributed by atoms with Crippen molar-refractivity contribution in [3.8, 4) is 0 Å². The summed E-state index contributed by atoms with van der Waals surface area (Å²) < 4.78 is 5.40. The van der Waals surface area contributed by atoms with E-state index in [9.17, 15) is 9.59 Å². The summed E-state index contributed by atoms with van der Waals surface area (Å²) in [4.78, 5) is 26.0. The first-order chi connectivity index (χ1) is 12.1. The molecule has 1 aliphatic rings. The molecular formula is C18H25Cl2N3O3. The van der Waals surface area contributed by atoms with Crippen LogP contribution in [0.15, 0.2) is 18.2 Å². The molecule has 26 heavy (non-hydrogen) atoms. The van der Waals surface area contributed by atoms with Crippen LogP contribution in [-0.4, -0.2) is 48.2 Å². The lowest BCUT2D eigenvalue weighted by Crippen LogP contribution is -2.51. The predicted molar refractivity (Wildman–Crippen MR) is 104 cm³/mol. The van der Waals surface area contributed by atoms with Crippen molar-refractivity contribution in [2.24, 2.45) is 0 Å². The number of nitrogens with zero attached hydrogens (tertiary/aromatic N) is 1. The molecule has 0 saturated carbocycles. The van der Waals surface area contributed by atoms with Crippen molar-refractivity contribution in [3.63, 3.8) is 0 Å². The number of rotatable bonds is 4. The van der Waals surface area contributed by atoms with Crippen molar-refractivity contribution in [2.75, 3.05) is 25.0 Å². The van der Waals surface area contributed by atoms with E-state index in [1.54, 1.807) is 23.1 Å². The van der Waals surface area contributed by atoms with E-state index >= 15 is 0 Å². The molecule has 0 aromatic heterocycles. The Hall–Kier alpha value is -1.66. The number of carbonyl (C=O) groups is 2. The van der Waals surface area contributed by atoms with Crippen molar-refractivity contribution in [2.45, 2.75) is 45.3 Å². The van der Waals surface area contributed by atoms with E-state index in [4.69, 9.17) is 27.9 Å². The first-order valence-corrected chi connectivity index (χ1v) is 9.35. The molecule has 1 aromatic rings. The van der Waals surface area contributed by atoms with Crippen LogP contribution in [0.25, 0.3) is 0 Å². The van der Waals surface area contributed by atoms with E-state index in [-0.39, 0.29) is 24.6 Å². The van der Waals surface area contributed by atoms with Gasteiger partial charge in [-0.05, 0) is 51.8 Å². The largest absolute Gasteiger partial charge is 0.444 e. The smallest absolute Gasteiger partial charge is 0.410 e. The molecule has 2 amide bonds. The molecule has 1 aromatic carbocycles. The third-order valence-electron chi connectivity index (χ3n) is 3.75. The number of piperidine rings is 1. The van der Waals surface area contributed by atoms with Gasteiger partial charge >= 0.3 is 6.09 Å². The molecule has 6 nitrogen and oxygen atoms in total. The van der Waals surface area contributed by atoms with Gasteiger partial charge in [0.05, 0.1) is 6.54 Å². The summed E-state index contributed by atoms with van der Waals surface area (Å²) in [6, 6.07) is 4.94. The summed E-state index contributed by atoms with van der Waals surface area (Å²) in [5, 5.41) is 6.94. The van der Waals surface area contributed by atoms with Crippen molar-refractivity contribution >= 4 is 40.9 Å². The Morgan fingerprint density at radius 1 is 1.23 bits per heavy atom. The number of amides is 2. The van der Waals surface area contributed by atoms with Gasteiger partial charge in [0.1, 0.15) is 5.60 Å². The van der Waals surface area contributed by atoms with Crippen molar-refractivity contribution in [1.29, 1.82) is 0 Å². The molecule has 1 fully saturated rings. The molecule has 1 atom stereocenters. The fraction of sp³-hybridized carbons (Fsp3) is 0.556. The Kier molecular flexibility index (Phi) is 7.01. The minimum Gasteiger partial charge on any atom is -0.444 e. The second-order valence-corrected chi connectivity index (χ2v) is 8.22. The molecule has 8 heteroatoms. The van der Waals surface area contributed by atoms with Crippen LogP contribution in [0.2, 0.25) is 10.0 Å². The third kappa shape index (κ3) is 6.92. The number of likely N-dealkylation sites (tertiary alicyclic amines) is 1. The molecule has 1 saturated heterocycles. The summed E-state index contributed by atoms with van der Waals surface area (Å²) in [5.41, 5.74) is 0.145. The Labute approximate surface area is 164 Å². The van der Waals surface area contributed by atoms with Gasteiger partial charge < -0.3 is 20.3 Å². The van der Waals surface area contributed by atoms with Crippen LogP contribution in [0.5, 0.6) is 0 Å². The molecule has 1 aliphatic heterocycles. The summed E-state index contributed by atoms with van der Waals surface area (Å²) in [6.07, 6.45) is 1.30. The van der Waals surface area contributed by atoms with Crippen LogP contribution in [-0.2, 0) is 9.53 Å². The zero-order chi connectivity index (χ0) is 19.3. The topological polar surface area (TPSA) is 70.7 Å². The predicted octanol–water partition coefficient (Wildman–Crippen LogP) is 3.92. The summed E-state index contributed by atoms with van der Waals surface area (Å²) in [5.74, 6) is -0.155. The highest BCUT2D eigenvalue weighted by Gasteiger charge is 2.28. The molecular weight excluding hydrogens is 377 g/mol. The van der Waals surface area contributed by atoms with Gasteiger partial charge in [0.15, 0.2) is 0 Å². The van der Waals surface area contributed by atoms with Crippen LogP contribution in [0, 0.1) is 0 Å². The van der Waals surface area contributed by atoms with E-state index in [2.05, 4.69) is 10.6 Å². The van der Waals surface area contributed by atoms with E-state index in [1.807, 2.05) is 20.8 Å². The van der Waals surface area contributed by atoms with E-state index in [1.165, 1.54) is 0 Å². The van der Waals surface area contributed by atoms with E-state index < -0.39 is 5.60 Å². The molecule has 1 unspecified atom stereocenters. The Balaban J connectivity index is 1.81. The Morgan fingerprint density at radius 2 is 1.88 bits per heavy atom. The quantitative estimate of drug-likeness (QED) is 0.801. The first kappa shape index (κ1) is 20.6. The van der Waals surface area contributed by atoms with E-state index in [0.717, 1.165) is 12.8 Å². The molecule has 2 N–H and O–H groups in total. The summed E-state index contributed by atoms with van der Waals surface area (Å²) in [6.45, 7) is 6.69. The van der Waals surface area contributed by atoms with Gasteiger partial charge in [0, 0.05) is 34.9 Å². The number of carbonyl (C=O) groups excluding carboxylic acids is 2. The van der Waals surface area contributed by atoms with Crippen LogP contribution < -0.4 is 10.6 Å². The van der Waals surface area contributed by atoms with Crippen molar-refractivity contribution < 1.29 is 14.3 Å². The van der Waals surface area contributed by atoms with Gasteiger partial charge in [0.25, 0.3) is 0 Å². The minimum absolute atomic E-state index is 0.0893. The van der Waals surface area contributed by atoms with Gasteiger partial charge in [0.2, 0.25) is 5.91 Å². The lowest BCUT2D eigenvalue weighted by Gasteiger charge is -2.34. The summed E-state index contributed by atoms with van der Waals surface area (Å²) >= 11 is 11.9. The second-order valence-electron chi connectivity index (χ2n) is 7.34. The number of benzene rings is 1. The Bertz CT molecular complexity index is 641. The third-order valence-corrected chi connectivity index (χ3v) is 4.19. The normalized spacial score (nSPS) is 17.6. The second kappa shape index (κ2) is 8.82. The van der Waals surface area contributed by atoms with Gasteiger partial charge in [-0.3, -0.25) is 4.79 Å². The summed E-state index contributed by atoms with van der Waals surface area (Å²) in [7, 11) is 0. The maximum atomic E-state index is 12.2. The number of hydrogen-bond donors (Lipinski definition) is 2. The first-order valence-electron chi connectivity index (χ1n) is 8.59. The monoisotopic (exact) mass is 401 g/mol. The van der Waals surface area contributed by atoms with Crippen molar-refractivity contribution in [1.82, 2.24) is 10.2 Å². The number of nitrogens with one attached hydrogen (secondary N) is 2. The Morgan fingerprint density at radius 3 is 2.50 bits per heavy atom. The molecule has 144 valence electrons. The molecule has 0 radical (unpaired) electrons. The average molecular weight is 402 g/mol. The number of ether oxygens (including phenoxy) is 1. The SMILES string of the molecule is CC(C)(C)OC(=O)N1CCCC(NC(=O)CNc2cc(Cl)cc(Cl)c2)C1. The highest BCUT2D eigenvalue weighted by Crippen LogP contribution is 2.22. The lowest BCUT2D eigenvalue weighted by atomic mass is 10.1. The van der Waals surface area contributed by atoms with Crippen LogP contribution in [0.1, 0.15) is 33.6 Å². The van der Waals surface area contributed by atoms with Crippen molar-refractivity contribution in [3.05, 3.63) is 28.2 Å². The molecule has 2 rings (SSSR count). The van der Waals surface area contributed by atoms with Gasteiger partial charge in [-0.25, -0.2) is 4.79 Å². The van der Waals surface area contributed by atoms with E-state index in [0.29, 0.717) is 28.8 Å². The molecule has 0 bridgehead atoms. The van der Waals surface area contributed by atoms with Crippen LogP contribution in [0.3, 0.4) is 0 Å². The average Bonchev–Trinajstić information content (AvgIpc) is 2.51. The fourth-order valence-corrected chi connectivity index (χ4v) is 3.23. The number of anilines is 1.